The number of amides is 2. The Kier molecular flexibility index (Phi) is 4.27. The van der Waals surface area contributed by atoms with Gasteiger partial charge in [0, 0.05) is 37.9 Å². The van der Waals surface area contributed by atoms with E-state index >= 15 is 0 Å². The Morgan fingerprint density at radius 1 is 1.37 bits per heavy atom. The van der Waals surface area contributed by atoms with Gasteiger partial charge in [0.05, 0.1) is 0 Å². The maximum Gasteiger partial charge on any atom is 0.260 e. The maximum atomic E-state index is 11.9. The van der Waals surface area contributed by atoms with E-state index in [1.165, 1.54) is 6.33 Å². The van der Waals surface area contributed by atoms with Crippen molar-refractivity contribution in [2.24, 2.45) is 0 Å². The molecule has 0 bridgehead atoms. The van der Waals surface area contributed by atoms with E-state index in [1.54, 1.807) is 15.9 Å². The van der Waals surface area contributed by atoms with Gasteiger partial charge in [0.1, 0.15) is 6.33 Å². The summed E-state index contributed by atoms with van der Waals surface area (Å²) in [6.45, 7) is 4.02. The van der Waals surface area contributed by atoms with Crippen LogP contribution in [-0.2, 0) is 9.59 Å². The molecule has 0 N–H and O–H groups in total. The van der Waals surface area contributed by atoms with Crippen molar-refractivity contribution in [2.75, 3.05) is 32.8 Å². The minimum atomic E-state index is -0.0955. The molecular weight excluding hydrogens is 248 g/mol. The molecule has 2 amide bonds. The molecule has 1 aromatic heterocycles. The molecule has 0 spiro atoms. The third-order valence-corrected chi connectivity index (χ3v) is 2.94. The molecule has 1 aromatic rings. The summed E-state index contributed by atoms with van der Waals surface area (Å²) in [5.41, 5.74) is 0.789. The van der Waals surface area contributed by atoms with Crippen LogP contribution in [0.2, 0.25) is 0 Å². The van der Waals surface area contributed by atoms with Gasteiger partial charge in [-0.3, -0.25) is 9.59 Å². The third-order valence-electron chi connectivity index (χ3n) is 2.94. The summed E-state index contributed by atoms with van der Waals surface area (Å²) >= 11 is 0. The van der Waals surface area contributed by atoms with Crippen LogP contribution < -0.4 is 4.74 Å². The van der Waals surface area contributed by atoms with Crippen LogP contribution in [0.1, 0.15) is 5.69 Å². The van der Waals surface area contributed by atoms with Gasteiger partial charge in [0.15, 0.2) is 6.61 Å². The number of carbonyl (C=O) groups is 2. The maximum absolute atomic E-state index is 11.9. The van der Waals surface area contributed by atoms with Crippen LogP contribution in [0.4, 0.5) is 0 Å². The van der Waals surface area contributed by atoms with Crippen LogP contribution in [0.15, 0.2) is 12.4 Å². The summed E-state index contributed by atoms with van der Waals surface area (Å²) in [6, 6.07) is 1.68. The van der Waals surface area contributed by atoms with Crippen molar-refractivity contribution in [3.8, 4) is 5.88 Å². The number of carbonyl (C=O) groups excluding carboxylic acids is 2. The lowest BCUT2D eigenvalue weighted by Crippen LogP contribution is -2.49. The highest BCUT2D eigenvalue weighted by Crippen LogP contribution is 2.06. The Balaban J connectivity index is 1.80. The molecule has 0 saturated carbocycles. The Labute approximate surface area is 111 Å². The Morgan fingerprint density at radius 2 is 2.11 bits per heavy atom. The number of hydrogen-bond acceptors (Lipinski definition) is 5. The fourth-order valence-corrected chi connectivity index (χ4v) is 1.81. The van der Waals surface area contributed by atoms with Gasteiger partial charge in [-0.25, -0.2) is 9.97 Å². The molecule has 7 heteroatoms. The predicted molar refractivity (Wildman–Crippen MR) is 66.5 cm³/mol. The summed E-state index contributed by atoms with van der Waals surface area (Å²) in [5.74, 6) is 0.300. The number of nitrogens with zero attached hydrogens (tertiary/aromatic N) is 4. The van der Waals surface area contributed by atoms with Gasteiger partial charge in [-0.05, 0) is 6.92 Å². The predicted octanol–water partition coefficient (Wildman–Crippen LogP) is -0.536. The van der Waals surface area contributed by atoms with Gasteiger partial charge in [0.2, 0.25) is 12.3 Å². The van der Waals surface area contributed by atoms with Crippen LogP contribution in [-0.4, -0.2) is 64.9 Å². The number of aryl methyl sites for hydroxylation is 1. The molecule has 0 aromatic carbocycles. The van der Waals surface area contributed by atoms with Gasteiger partial charge in [-0.1, -0.05) is 0 Å². The van der Waals surface area contributed by atoms with E-state index in [0.717, 1.165) is 12.1 Å². The third kappa shape index (κ3) is 3.64. The van der Waals surface area contributed by atoms with Crippen molar-refractivity contribution in [1.82, 2.24) is 19.8 Å². The van der Waals surface area contributed by atoms with E-state index in [9.17, 15) is 9.59 Å². The molecule has 1 saturated heterocycles. The number of aromatic nitrogens is 2. The number of ether oxygens (including phenoxy) is 1. The zero-order chi connectivity index (χ0) is 13.7. The fraction of sp³-hybridized carbons (Fsp3) is 0.500. The van der Waals surface area contributed by atoms with Gasteiger partial charge >= 0.3 is 0 Å². The highest BCUT2D eigenvalue weighted by Gasteiger charge is 2.20. The SMILES string of the molecule is Cc1cc(OCC(=O)N2CCN(C=O)CC2)ncn1. The summed E-state index contributed by atoms with van der Waals surface area (Å²) < 4.78 is 5.33. The van der Waals surface area contributed by atoms with Gasteiger partial charge in [-0.2, -0.15) is 0 Å². The van der Waals surface area contributed by atoms with Crippen molar-refractivity contribution in [2.45, 2.75) is 6.92 Å². The minimum Gasteiger partial charge on any atom is -0.467 e. The molecule has 1 aliphatic rings. The van der Waals surface area contributed by atoms with Gasteiger partial charge in [0.25, 0.3) is 5.91 Å². The Bertz CT molecular complexity index is 458. The minimum absolute atomic E-state index is 0.0441. The zero-order valence-electron chi connectivity index (χ0n) is 10.8. The Hall–Kier alpha value is -2.18. The Morgan fingerprint density at radius 3 is 2.74 bits per heavy atom. The summed E-state index contributed by atoms with van der Waals surface area (Å²) in [7, 11) is 0. The van der Waals surface area contributed by atoms with Crippen LogP contribution in [0.25, 0.3) is 0 Å². The van der Waals surface area contributed by atoms with E-state index in [-0.39, 0.29) is 12.5 Å². The van der Waals surface area contributed by atoms with Crippen LogP contribution >= 0.6 is 0 Å². The first-order valence-electron chi connectivity index (χ1n) is 6.07. The number of rotatable bonds is 4. The average Bonchev–Trinajstić information content (AvgIpc) is 2.45. The molecule has 2 rings (SSSR count). The molecule has 1 fully saturated rings. The number of piperazine rings is 1. The van der Waals surface area contributed by atoms with Crippen molar-refractivity contribution >= 4 is 12.3 Å². The lowest BCUT2D eigenvalue weighted by Gasteiger charge is -2.32. The number of hydrogen-bond donors (Lipinski definition) is 0. The first-order chi connectivity index (χ1) is 9.19. The molecule has 1 aliphatic heterocycles. The largest absolute Gasteiger partial charge is 0.467 e. The van der Waals surface area contributed by atoms with Crippen molar-refractivity contribution < 1.29 is 14.3 Å². The summed E-state index contributed by atoms with van der Waals surface area (Å²) in [5, 5.41) is 0. The second-order valence-corrected chi connectivity index (χ2v) is 4.31. The molecule has 0 radical (unpaired) electrons. The van der Waals surface area contributed by atoms with Crippen LogP contribution in [0, 0.1) is 6.92 Å². The van der Waals surface area contributed by atoms with Crippen LogP contribution in [0.5, 0.6) is 5.88 Å². The lowest BCUT2D eigenvalue weighted by molar-refractivity contribution is -0.137. The van der Waals surface area contributed by atoms with E-state index in [4.69, 9.17) is 4.74 Å². The van der Waals surface area contributed by atoms with Gasteiger partial charge in [-0.15, -0.1) is 0 Å². The smallest absolute Gasteiger partial charge is 0.260 e. The van der Waals surface area contributed by atoms with Crippen LogP contribution in [0.3, 0.4) is 0 Å². The molecule has 102 valence electrons. The van der Waals surface area contributed by atoms with Gasteiger partial charge < -0.3 is 14.5 Å². The molecule has 19 heavy (non-hydrogen) atoms. The van der Waals surface area contributed by atoms with E-state index in [0.29, 0.717) is 32.1 Å². The molecule has 0 unspecified atom stereocenters. The second kappa shape index (κ2) is 6.12. The molecule has 0 atom stereocenters. The van der Waals surface area contributed by atoms with Crippen molar-refractivity contribution in [1.29, 1.82) is 0 Å². The van der Waals surface area contributed by atoms with Crippen molar-refractivity contribution in [3.63, 3.8) is 0 Å². The molecular formula is C12H16N4O3. The van der Waals surface area contributed by atoms with E-state index in [1.807, 2.05) is 6.92 Å². The zero-order valence-corrected chi connectivity index (χ0v) is 10.8. The first-order valence-corrected chi connectivity index (χ1v) is 6.07. The normalized spacial score (nSPS) is 15.2. The second-order valence-electron chi connectivity index (χ2n) is 4.31. The summed E-state index contributed by atoms with van der Waals surface area (Å²) in [6.07, 6.45) is 2.21. The molecule has 7 nitrogen and oxygen atoms in total. The first kappa shape index (κ1) is 13.3. The average molecular weight is 264 g/mol. The molecule has 0 aliphatic carbocycles. The van der Waals surface area contributed by atoms with E-state index < -0.39 is 0 Å². The standard InChI is InChI=1S/C12H16N4O3/c1-10-6-11(14-8-13-10)19-7-12(18)16-4-2-15(9-17)3-5-16/h6,8-9H,2-5,7H2,1H3. The van der Waals surface area contributed by atoms with E-state index in [2.05, 4.69) is 9.97 Å². The quantitative estimate of drug-likeness (QED) is 0.683. The molecule has 2 heterocycles. The summed E-state index contributed by atoms with van der Waals surface area (Å²) in [4.78, 5) is 33.7. The highest BCUT2D eigenvalue weighted by atomic mass is 16.5. The van der Waals surface area contributed by atoms with Crippen molar-refractivity contribution in [3.05, 3.63) is 18.1 Å². The highest BCUT2D eigenvalue weighted by molar-refractivity contribution is 5.78. The topological polar surface area (TPSA) is 75.6 Å². The lowest BCUT2D eigenvalue weighted by atomic mass is 10.3. The fourth-order valence-electron chi connectivity index (χ4n) is 1.81. The monoisotopic (exact) mass is 264 g/mol.